The van der Waals surface area contributed by atoms with Crippen LogP contribution in [0.4, 0.5) is 5.69 Å². The van der Waals surface area contributed by atoms with Gasteiger partial charge in [0.25, 0.3) is 5.56 Å². The van der Waals surface area contributed by atoms with Crippen LogP contribution < -0.4 is 10.9 Å². The number of esters is 1. The van der Waals surface area contributed by atoms with Crippen molar-refractivity contribution in [2.45, 2.75) is 26.8 Å². The Morgan fingerprint density at radius 1 is 1.07 bits per heavy atom. The number of para-hydroxylation sites is 1. The Hall–Kier alpha value is -3.41. The minimum Gasteiger partial charge on any atom is -0.462 e. The van der Waals surface area contributed by atoms with Crippen molar-refractivity contribution in [3.05, 3.63) is 76.1 Å². The predicted octanol–water partition coefficient (Wildman–Crippen LogP) is 3.52. The molecule has 0 bridgehead atoms. The molecule has 6 heteroatoms. The number of nitrogens with zero attached hydrogens (tertiary/aromatic N) is 1. The van der Waals surface area contributed by atoms with Crippen LogP contribution in [0.2, 0.25) is 0 Å². The first-order valence-corrected chi connectivity index (χ1v) is 9.16. The Morgan fingerprint density at radius 2 is 1.79 bits per heavy atom. The number of ether oxygens (including phenoxy) is 1. The topological polar surface area (TPSA) is 77.4 Å². The van der Waals surface area contributed by atoms with E-state index in [2.05, 4.69) is 5.32 Å². The lowest BCUT2D eigenvalue weighted by Crippen LogP contribution is -2.23. The van der Waals surface area contributed by atoms with Gasteiger partial charge in [0.2, 0.25) is 5.91 Å². The summed E-state index contributed by atoms with van der Waals surface area (Å²) in [5, 5.41) is 3.78. The molecule has 0 saturated carbocycles. The molecule has 2 aromatic carbocycles. The van der Waals surface area contributed by atoms with Crippen LogP contribution in [-0.4, -0.2) is 23.1 Å². The van der Waals surface area contributed by atoms with Crippen LogP contribution in [0, 0.1) is 6.92 Å². The molecule has 0 radical (unpaired) electrons. The van der Waals surface area contributed by atoms with E-state index < -0.39 is 5.97 Å². The summed E-state index contributed by atoms with van der Waals surface area (Å²) in [5.74, 6) is -0.605. The normalized spacial score (nSPS) is 10.6. The smallest absolute Gasteiger partial charge is 0.338 e. The van der Waals surface area contributed by atoms with E-state index in [1.165, 1.54) is 0 Å². The SMILES string of the molecule is CCOC(=O)c1ccc(NC(=O)CCn2c(=O)cc(C)c3ccccc32)cc1. The molecule has 0 aliphatic heterocycles. The Labute approximate surface area is 162 Å². The summed E-state index contributed by atoms with van der Waals surface area (Å²) in [6.07, 6.45) is 0.159. The van der Waals surface area contributed by atoms with Crippen LogP contribution in [0.3, 0.4) is 0 Å². The number of hydrogen-bond donors (Lipinski definition) is 1. The van der Waals surface area contributed by atoms with Crippen LogP contribution in [0.25, 0.3) is 10.9 Å². The zero-order valence-electron chi connectivity index (χ0n) is 15.9. The Kier molecular flexibility index (Phi) is 5.89. The number of carbonyl (C=O) groups is 2. The van der Waals surface area contributed by atoms with Crippen LogP contribution >= 0.6 is 0 Å². The van der Waals surface area contributed by atoms with E-state index in [1.54, 1.807) is 41.8 Å². The molecule has 1 N–H and O–H groups in total. The van der Waals surface area contributed by atoms with Crippen LogP contribution in [0.5, 0.6) is 0 Å². The molecule has 1 heterocycles. The molecule has 28 heavy (non-hydrogen) atoms. The summed E-state index contributed by atoms with van der Waals surface area (Å²) >= 11 is 0. The summed E-state index contributed by atoms with van der Waals surface area (Å²) < 4.78 is 6.55. The van der Waals surface area contributed by atoms with Gasteiger partial charge in [-0.1, -0.05) is 18.2 Å². The van der Waals surface area contributed by atoms with Crippen molar-refractivity contribution in [3.63, 3.8) is 0 Å². The maximum atomic E-state index is 12.4. The second kappa shape index (κ2) is 8.52. The molecule has 3 aromatic rings. The molecule has 0 atom stereocenters. The van der Waals surface area contributed by atoms with Gasteiger partial charge in [0.1, 0.15) is 0 Å². The molecule has 3 rings (SSSR count). The maximum Gasteiger partial charge on any atom is 0.338 e. The van der Waals surface area contributed by atoms with Gasteiger partial charge in [-0.3, -0.25) is 9.59 Å². The van der Waals surface area contributed by atoms with Gasteiger partial charge in [-0.2, -0.15) is 0 Å². The molecule has 144 valence electrons. The van der Waals surface area contributed by atoms with Crippen molar-refractivity contribution in [1.29, 1.82) is 0 Å². The van der Waals surface area contributed by atoms with Gasteiger partial charge in [-0.25, -0.2) is 4.79 Å². The second-order valence-electron chi connectivity index (χ2n) is 6.43. The van der Waals surface area contributed by atoms with Crippen molar-refractivity contribution in [2.75, 3.05) is 11.9 Å². The van der Waals surface area contributed by atoms with E-state index in [9.17, 15) is 14.4 Å². The second-order valence-corrected chi connectivity index (χ2v) is 6.43. The third-order valence-corrected chi connectivity index (χ3v) is 4.47. The van der Waals surface area contributed by atoms with E-state index in [4.69, 9.17) is 4.74 Å². The number of carbonyl (C=O) groups excluding carboxylic acids is 2. The van der Waals surface area contributed by atoms with E-state index >= 15 is 0 Å². The number of hydrogen-bond acceptors (Lipinski definition) is 4. The average molecular weight is 378 g/mol. The van der Waals surface area contributed by atoms with Crippen molar-refractivity contribution in [1.82, 2.24) is 4.57 Å². The number of rotatable bonds is 6. The first-order valence-electron chi connectivity index (χ1n) is 9.16. The zero-order valence-corrected chi connectivity index (χ0v) is 15.9. The monoisotopic (exact) mass is 378 g/mol. The highest BCUT2D eigenvalue weighted by atomic mass is 16.5. The van der Waals surface area contributed by atoms with E-state index in [0.717, 1.165) is 16.5 Å². The van der Waals surface area contributed by atoms with Gasteiger partial charge < -0.3 is 14.6 Å². The molecule has 0 unspecified atom stereocenters. The Balaban J connectivity index is 1.68. The third kappa shape index (κ3) is 4.28. The summed E-state index contributed by atoms with van der Waals surface area (Å²) in [6.45, 7) is 4.24. The van der Waals surface area contributed by atoms with E-state index in [-0.39, 0.29) is 24.4 Å². The van der Waals surface area contributed by atoms with Gasteiger partial charge >= 0.3 is 5.97 Å². The summed E-state index contributed by atoms with van der Waals surface area (Å²) in [6, 6.07) is 15.8. The fourth-order valence-electron chi connectivity index (χ4n) is 3.07. The maximum absolute atomic E-state index is 12.4. The summed E-state index contributed by atoms with van der Waals surface area (Å²) in [7, 11) is 0. The minimum absolute atomic E-state index is 0.122. The largest absolute Gasteiger partial charge is 0.462 e. The highest BCUT2D eigenvalue weighted by Gasteiger charge is 2.10. The Morgan fingerprint density at radius 3 is 2.50 bits per heavy atom. The number of aryl methyl sites for hydroxylation is 2. The lowest BCUT2D eigenvalue weighted by molar-refractivity contribution is -0.116. The lowest BCUT2D eigenvalue weighted by atomic mass is 10.1. The van der Waals surface area contributed by atoms with Crippen molar-refractivity contribution in [2.24, 2.45) is 0 Å². The quantitative estimate of drug-likeness (QED) is 0.666. The molecule has 0 fully saturated rings. The third-order valence-electron chi connectivity index (χ3n) is 4.47. The summed E-state index contributed by atoms with van der Waals surface area (Å²) in [5.41, 5.74) is 2.63. The molecule has 0 aliphatic carbocycles. The van der Waals surface area contributed by atoms with Gasteiger partial charge in [-0.15, -0.1) is 0 Å². The highest BCUT2D eigenvalue weighted by Crippen LogP contribution is 2.16. The number of pyridine rings is 1. The first-order chi connectivity index (χ1) is 13.5. The van der Waals surface area contributed by atoms with E-state index in [0.29, 0.717) is 17.9 Å². The van der Waals surface area contributed by atoms with Crippen molar-refractivity contribution < 1.29 is 14.3 Å². The minimum atomic E-state index is -0.397. The molecule has 0 saturated heterocycles. The number of amides is 1. The van der Waals surface area contributed by atoms with Crippen LogP contribution in [0.15, 0.2) is 59.4 Å². The van der Waals surface area contributed by atoms with Gasteiger partial charge in [0, 0.05) is 30.1 Å². The van der Waals surface area contributed by atoms with Gasteiger partial charge in [0.15, 0.2) is 0 Å². The van der Waals surface area contributed by atoms with E-state index in [1.807, 2.05) is 31.2 Å². The molecular weight excluding hydrogens is 356 g/mol. The predicted molar refractivity (Wildman–Crippen MR) is 109 cm³/mol. The number of benzene rings is 2. The van der Waals surface area contributed by atoms with Crippen LogP contribution in [0.1, 0.15) is 29.3 Å². The molecule has 6 nitrogen and oxygen atoms in total. The lowest BCUT2D eigenvalue weighted by Gasteiger charge is -2.12. The molecule has 0 spiro atoms. The molecule has 1 aromatic heterocycles. The average Bonchev–Trinajstić information content (AvgIpc) is 2.68. The standard InChI is InChI=1S/C22H22N2O4/c1-3-28-22(27)16-8-10-17(11-9-16)23-20(25)12-13-24-19-7-5-4-6-18(19)15(2)14-21(24)26/h4-11,14H,3,12-13H2,1-2H3,(H,23,25). The fraction of sp³-hybridized carbons (Fsp3) is 0.227. The zero-order chi connectivity index (χ0) is 20.1. The number of nitrogens with one attached hydrogen (secondary N) is 1. The highest BCUT2D eigenvalue weighted by molar-refractivity contribution is 5.93. The van der Waals surface area contributed by atoms with Gasteiger partial charge in [-0.05, 0) is 49.7 Å². The fourth-order valence-corrected chi connectivity index (χ4v) is 3.07. The Bertz CT molecular complexity index is 1070. The molecular formula is C22H22N2O4. The number of aromatic nitrogens is 1. The number of anilines is 1. The van der Waals surface area contributed by atoms with Crippen molar-refractivity contribution >= 4 is 28.5 Å². The first kappa shape index (κ1) is 19.4. The summed E-state index contributed by atoms with van der Waals surface area (Å²) in [4.78, 5) is 36.3. The van der Waals surface area contributed by atoms with Crippen LogP contribution in [-0.2, 0) is 16.1 Å². The molecule has 1 amide bonds. The molecule has 0 aliphatic rings. The van der Waals surface area contributed by atoms with Gasteiger partial charge in [0.05, 0.1) is 17.7 Å². The number of fused-ring (bicyclic) bond motifs is 1. The van der Waals surface area contributed by atoms with Crippen molar-refractivity contribution in [3.8, 4) is 0 Å².